The Morgan fingerprint density at radius 1 is 1.23 bits per heavy atom. The van der Waals surface area contributed by atoms with Gasteiger partial charge in [-0.2, -0.15) is 0 Å². The summed E-state index contributed by atoms with van der Waals surface area (Å²) in [4.78, 5) is 16.8. The molecule has 1 amide bonds. The van der Waals surface area contributed by atoms with Crippen LogP contribution in [-0.2, 0) is 9.53 Å². The minimum Gasteiger partial charge on any atom is -0.366 e. The van der Waals surface area contributed by atoms with E-state index in [1.54, 1.807) is 0 Å². The van der Waals surface area contributed by atoms with Crippen molar-refractivity contribution in [1.82, 2.24) is 15.1 Å². The van der Waals surface area contributed by atoms with Gasteiger partial charge in [-0.15, -0.1) is 24.8 Å². The van der Waals surface area contributed by atoms with Gasteiger partial charge in [-0.25, -0.2) is 0 Å². The fourth-order valence-electron chi connectivity index (χ4n) is 3.11. The zero-order valence-electron chi connectivity index (χ0n) is 13.8. The van der Waals surface area contributed by atoms with Crippen molar-refractivity contribution < 1.29 is 9.53 Å². The van der Waals surface area contributed by atoms with E-state index < -0.39 is 0 Å². The van der Waals surface area contributed by atoms with Crippen molar-refractivity contribution in [2.24, 2.45) is 5.92 Å². The number of likely N-dealkylation sites (tertiary alicyclic amines) is 1. The molecular formula is C15H31Cl2N3O2. The van der Waals surface area contributed by atoms with Crippen LogP contribution in [0.2, 0.25) is 0 Å². The number of carbonyl (C=O) groups is 1. The molecule has 1 unspecified atom stereocenters. The lowest BCUT2D eigenvalue weighted by Gasteiger charge is -2.36. The smallest absolute Gasteiger partial charge is 0.253 e. The molecule has 0 aliphatic carbocycles. The largest absolute Gasteiger partial charge is 0.366 e. The second kappa shape index (κ2) is 11.5. The van der Waals surface area contributed by atoms with Crippen LogP contribution in [0.15, 0.2) is 0 Å². The van der Waals surface area contributed by atoms with Crippen molar-refractivity contribution in [3.8, 4) is 0 Å². The van der Waals surface area contributed by atoms with E-state index in [0.29, 0.717) is 13.2 Å². The molecule has 0 bridgehead atoms. The highest BCUT2D eigenvalue weighted by Crippen LogP contribution is 2.19. The summed E-state index contributed by atoms with van der Waals surface area (Å²) in [6.45, 7) is 11.8. The molecule has 2 aliphatic rings. The number of hydrogen-bond donors (Lipinski definition) is 1. The lowest BCUT2D eigenvalue weighted by Crippen LogP contribution is -2.51. The van der Waals surface area contributed by atoms with Gasteiger partial charge in [0.05, 0.1) is 6.61 Å². The summed E-state index contributed by atoms with van der Waals surface area (Å²) < 4.78 is 5.56. The topological polar surface area (TPSA) is 44.8 Å². The van der Waals surface area contributed by atoms with Gasteiger partial charge in [-0.05, 0) is 31.8 Å². The molecule has 2 rings (SSSR count). The maximum atomic E-state index is 12.3. The van der Waals surface area contributed by atoms with E-state index in [2.05, 4.69) is 24.1 Å². The molecule has 2 saturated heterocycles. The number of hydrogen-bond acceptors (Lipinski definition) is 4. The van der Waals surface area contributed by atoms with Crippen LogP contribution in [0, 0.1) is 5.92 Å². The monoisotopic (exact) mass is 355 g/mol. The van der Waals surface area contributed by atoms with Crippen LogP contribution in [0.3, 0.4) is 0 Å². The van der Waals surface area contributed by atoms with Gasteiger partial charge >= 0.3 is 0 Å². The third-order valence-corrected chi connectivity index (χ3v) is 4.54. The van der Waals surface area contributed by atoms with Crippen LogP contribution in [0.1, 0.15) is 26.7 Å². The summed E-state index contributed by atoms with van der Waals surface area (Å²) in [5.41, 5.74) is 0. The summed E-state index contributed by atoms with van der Waals surface area (Å²) in [6, 6.07) is 0. The second-order valence-corrected chi connectivity index (χ2v) is 5.82. The SMILES string of the molecule is CCN(CC)CC1CCN(C(=O)C2CNCCO2)CC1.Cl.Cl. The van der Waals surface area contributed by atoms with Crippen LogP contribution >= 0.6 is 24.8 Å². The van der Waals surface area contributed by atoms with Crippen LogP contribution in [0.25, 0.3) is 0 Å². The number of carbonyl (C=O) groups excluding carboxylic acids is 1. The molecule has 1 atom stereocenters. The maximum absolute atomic E-state index is 12.3. The molecule has 7 heteroatoms. The Balaban J connectivity index is 0.00000220. The average molecular weight is 356 g/mol. The van der Waals surface area contributed by atoms with Crippen LogP contribution < -0.4 is 5.32 Å². The molecule has 1 N–H and O–H groups in total. The number of rotatable bonds is 5. The molecule has 0 saturated carbocycles. The Morgan fingerprint density at radius 3 is 2.36 bits per heavy atom. The lowest BCUT2D eigenvalue weighted by atomic mass is 9.95. The highest BCUT2D eigenvalue weighted by molar-refractivity contribution is 5.85. The number of halogens is 2. The molecule has 2 aliphatic heterocycles. The minimum atomic E-state index is -0.261. The molecule has 0 aromatic heterocycles. The average Bonchev–Trinajstić information content (AvgIpc) is 2.53. The van der Waals surface area contributed by atoms with Gasteiger partial charge in [0, 0.05) is 32.7 Å². The first kappa shape index (κ1) is 21.9. The Bertz CT molecular complexity index is 303. The van der Waals surface area contributed by atoms with Gasteiger partial charge in [-0.1, -0.05) is 13.8 Å². The quantitative estimate of drug-likeness (QED) is 0.809. The van der Waals surface area contributed by atoms with Gasteiger partial charge in [0.15, 0.2) is 0 Å². The normalized spacial score (nSPS) is 22.9. The standard InChI is InChI=1S/C15H29N3O2.2ClH/c1-3-17(4-2)12-13-5-8-18(9-6-13)15(19)14-11-16-7-10-20-14;;/h13-14,16H,3-12H2,1-2H3;2*1H. The van der Waals surface area contributed by atoms with E-state index in [1.807, 2.05) is 4.90 Å². The minimum absolute atomic E-state index is 0. The predicted molar refractivity (Wildman–Crippen MR) is 94.2 cm³/mol. The van der Waals surface area contributed by atoms with E-state index in [4.69, 9.17) is 4.74 Å². The van der Waals surface area contributed by atoms with E-state index in [-0.39, 0.29) is 36.8 Å². The van der Waals surface area contributed by atoms with Crippen LogP contribution in [-0.4, -0.2) is 74.2 Å². The molecule has 0 aromatic rings. The predicted octanol–water partition coefficient (Wildman–Crippen LogP) is 1.40. The first-order valence-corrected chi connectivity index (χ1v) is 8.08. The van der Waals surface area contributed by atoms with Crippen molar-refractivity contribution in [3.05, 3.63) is 0 Å². The van der Waals surface area contributed by atoms with Crippen molar-refractivity contribution in [2.75, 3.05) is 52.4 Å². The first-order chi connectivity index (χ1) is 9.74. The number of piperidine rings is 1. The Hall–Kier alpha value is -0.0700. The fourth-order valence-corrected chi connectivity index (χ4v) is 3.11. The highest BCUT2D eigenvalue weighted by atomic mass is 35.5. The molecule has 0 radical (unpaired) electrons. The van der Waals surface area contributed by atoms with Gasteiger partial charge in [0.1, 0.15) is 6.10 Å². The molecule has 5 nitrogen and oxygen atoms in total. The van der Waals surface area contributed by atoms with E-state index >= 15 is 0 Å². The zero-order chi connectivity index (χ0) is 14.4. The van der Waals surface area contributed by atoms with E-state index in [9.17, 15) is 4.79 Å². The van der Waals surface area contributed by atoms with Crippen molar-refractivity contribution >= 4 is 30.7 Å². The van der Waals surface area contributed by atoms with E-state index in [1.165, 1.54) is 6.54 Å². The zero-order valence-corrected chi connectivity index (χ0v) is 15.4. The molecule has 2 heterocycles. The van der Waals surface area contributed by atoms with Crippen molar-refractivity contribution in [2.45, 2.75) is 32.8 Å². The third-order valence-electron chi connectivity index (χ3n) is 4.54. The van der Waals surface area contributed by atoms with Crippen LogP contribution in [0.5, 0.6) is 0 Å². The second-order valence-electron chi connectivity index (χ2n) is 5.82. The number of morpholine rings is 1. The summed E-state index contributed by atoms with van der Waals surface area (Å²) in [6.07, 6.45) is 1.99. The number of nitrogens with zero attached hydrogens (tertiary/aromatic N) is 2. The summed E-state index contributed by atoms with van der Waals surface area (Å²) >= 11 is 0. The fraction of sp³-hybridized carbons (Fsp3) is 0.933. The molecule has 22 heavy (non-hydrogen) atoms. The highest BCUT2D eigenvalue weighted by Gasteiger charge is 2.30. The molecule has 0 aromatic carbocycles. The lowest BCUT2D eigenvalue weighted by molar-refractivity contribution is -0.146. The summed E-state index contributed by atoms with van der Waals surface area (Å²) in [5, 5.41) is 3.23. The van der Waals surface area contributed by atoms with Gasteiger partial charge in [-0.3, -0.25) is 4.79 Å². The Morgan fingerprint density at radius 2 is 1.86 bits per heavy atom. The number of ether oxygens (including phenoxy) is 1. The molecular weight excluding hydrogens is 325 g/mol. The van der Waals surface area contributed by atoms with E-state index in [0.717, 1.165) is 51.5 Å². The number of amides is 1. The maximum Gasteiger partial charge on any atom is 0.253 e. The number of nitrogens with one attached hydrogen (secondary N) is 1. The molecule has 132 valence electrons. The van der Waals surface area contributed by atoms with Crippen molar-refractivity contribution in [1.29, 1.82) is 0 Å². The Labute approximate surface area is 146 Å². The third kappa shape index (κ3) is 6.20. The van der Waals surface area contributed by atoms with Gasteiger partial charge in [0.2, 0.25) is 0 Å². The van der Waals surface area contributed by atoms with Crippen molar-refractivity contribution in [3.63, 3.8) is 0 Å². The molecule has 0 spiro atoms. The van der Waals surface area contributed by atoms with Gasteiger partial charge < -0.3 is 19.9 Å². The van der Waals surface area contributed by atoms with Gasteiger partial charge in [0.25, 0.3) is 5.91 Å². The summed E-state index contributed by atoms with van der Waals surface area (Å²) in [5.74, 6) is 0.919. The van der Waals surface area contributed by atoms with Crippen LogP contribution in [0.4, 0.5) is 0 Å². The summed E-state index contributed by atoms with van der Waals surface area (Å²) in [7, 11) is 0. The first-order valence-electron chi connectivity index (χ1n) is 8.08. The molecule has 2 fully saturated rings. The Kier molecular flexibility index (Phi) is 11.4.